The van der Waals surface area contributed by atoms with Gasteiger partial charge in [-0.1, -0.05) is 30.3 Å². The third-order valence-corrected chi connectivity index (χ3v) is 5.30. The third kappa shape index (κ3) is 3.71. The summed E-state index contributed by atoms with van der Waals surface area (Å²) in [6.07, 6.45) is 0.967. The highest BCUT2D eigenvalue weighted by Gasteiger charge is 2.38. The number of nitrogens with zero attached hydrogens (tertiary/aromatic N) is 3. The number of piperidine rings is 1. The third-order valence-electron chi connectivity index (χ3n) is 5.30. The predicted molar refractivity (Wildman–Crippen MR) is 95.9 cm³/mol. The van der Waals surface area contributed by atoms with Crippen LogP contribution in [0.5, 0.6) is 0 Å². The van der Waals surface area contributed by atoms with Gasteiger partial charge in [-0.25, -0.2) is 9.78 Å². The van der Waals surface area contributed by atoms with Gasteiger partial charge in [0.1, 0.15) is 11.9 Å². The van der Waals surface area contributed by atoms with Crippen molar-refractivity contribution in [2.24, 2.45) is 0 Å². The molecule has 142 valence electrons. The molecule has 0 unspecified atom stereocenters. The van der Waals surface area contributed by atoms with Gasteiger partial charge >= 0.3 is 5.97 Å². The zero-order valence-electron chi connectivity index (χ0n) is 14.9. The summed E-state index contributed by atoms with van der Waals surface area (Å²) in [6, 6.07) is 9.81. The minimum Gasteiger partial charge on any atom is -0.479 e. The normalized spacial score (nSPS) is 23.5. The van der Waals surface area contributed by atoms with Crippen LogP contribution in [0.25, 0.3) is 11.4 Å². The topological polar surface area (TPSA) is 108 Å². The highest BCUT2D eigenvalue weighted by Crippen LogP contribution is 2.29. The number of H-pyrrole nitrogens is 1. The molecule has 0 spiro atoms. The molecule has 0 radical (unpaired) electrons. The molecule has 3 heterocycles. The van der Waals surface area contributed by atoms with Crippen molar-refractivity contribution in [3.63, 3.8) is 0 Å². The van der Waals surface area contributed by atoms with Crippen LogP contribution < -0.4 is 0 Å². The van der Waals surface area contributed by atoms with Crippen molar-refractivity contribution in [3.8, 4) is 11.4 Å². The van der Waals surface area contributed by atoms with Gasteiger partial charge in [0.25, 0.3) is 5.91 Å². The summed E-state index contributed by atoms with van der Waals surface area (Å²) in [5.74, 6) is 0.672. The van der Waals surface area contributed by atoms with Crippen LogP contribution in [-0.4, -0.2) is 62.4 Å². The highest BCUT2D eigenvalue weighted by atomic mass is 16.5. The number of benzene rings is 1. The zero-order chi connectivity index (χ0) is 18.8. The lowest BCUT2D eigenvalue weighted by Crippen LogP contribution is -2.44. The van der Waals surface area contributed by atoms with Crippen molar-refractivity contribution in [1.29, 1.82) is 0 Å². The number of rotatable bonds is 4. The monoisotopic (exact) mass is 370 g/mol. The fourth-order valence-corrected chi connectivity index (χ4v) is 3.75. The predicted octanol–water partition coefficient (Wildman–Crippen LogP) is 1.81. The SMILES string of the molecule is O=C(O)[C@H]1CC[C@@H](C(=O)N2CCC(c3nc(-c4ccccc4)n[nH]3)CC2)O1. The average Bonchev–Trinajstić information content (AvgIpc) is 3.38. The number of nitrogens with one attached hydrogen (secondary N) is 1. The van der Waals surface area contributed by atoms with Gasteiger partial charge < -0.3 is 14.7 Å². The average molecular weight is 370 g/mol. The van der Waals surface area contributed by atoms with Crippen molar-refractivity contribution < 1.29 is 19.4 Å². The fraction of sp³-hybridized carbons (Fsp3) is 0.474. The molecule has 2 aliphatic heterocycles. The molecule has 1 amide bonds. The second kappa shape index (κ2) is 7.48. The number of aromatic amines is 1. The Morgan fingerprint density at radius 3 is 2.44 bits per heavy atom. The minimum absolute atomic E-state index is 0.0975. The lowest BCUT2D eigenvalue weighted by Gasteiger charge is -2.32. The van der Waals surface area contributed by atoms with Gasteiger partial charge in [0.2, 0.25) is 0 Å². The van der Waals surface area contributed by atoms with E-state index in [0.717, 1.165) is 24.2 Å². The Morgan fingerprint density at radius 2 is 1.78 bits per heavy atom. The Kier molecular flexibility index (Phi) is 4.89. The summed E-state index contributed by atoms with van der Waals surface area (Å²) in [7, 11) is 0. The van der Waals surface area contributed by atoms with E-state index in [1.165, 1.54) is 0 Å². The Bertz CT molecular complexity index is 814. The number of carbonyl (C=O) groups excluding carboxylic acids is 1. The first kappa shape index (κ1) is 17.7. The number of amides is 1. The van der Waals surface area contributed by atoms with Crippen LogP contribution in [-0.2, 0) is 14.3 Å². The molecule has 2 atom stereocenters. The molecule has 2 aromatic rings. The molecular formula is C19H22N4O4. The van der Waals surface area contributed by atoms with E-state index in [1.807, 2.05) is 30.3 Å². The van der Waals surface area contributed by atoms with E-state index < -0.39 is 18.2 Å². The van der Waals surface area contributed by atoms with E-state index in [0.29, 0.717) is 31.8 Å². The van der Waals surface area contributed by atoms with Crippen LogP contribution >= 0.6 is 0 Å². The second-order valence-corrected chi connectivity index (χ2v) is 7.04. The van der Waals surface area contributed by atoms with Gasteiger partial charge in [-0.05, 0) is 25.7 Å². The Labute approximate surface area is 156 Å². The van der Waals surface area contributed by atoms with Crippen LogP contribution in [0.3, 0.4) is 0 Å². The van der Waals surface area contributed by atoms with Crippen molar-refractivity contribution in [2.75, 3.05) is 13.1 Å². The largest absolute Gasteiger partial charge is 0.479 e. The molecule has 8 nitrogen and oxygen atoms in total. The quantitative estimate of drug-likeness (QED) is 0.850. The van der Waals surface area contributed by atoms with Gasteiger partial charge in [-0.15, -0.1) is 0 Å². The van der Waals surface area contributed by atoms with Crippen LogP contribution in [0.4, 0.5) is 0 Å². The lowest BCUT2D eigenvalue weighted by atomic mass is 9.95. The van der Waals surface area contributed by atoms with Gasteiger partial charge in [-0.2, -0.15) is 5.10 Å². The Morgan fingerprint density at radius 1 is 1.07 bits per heavy atom. The zero-order valence-corrected chi connectivity index (χ0v) is 14.9. The molecule has 8 heteroatoms. The van der Waals surface area contributed by atoms with Crippen LogP contribution in [0, 0.1) is 0 Å². The summed E-state index contributed by atoms with van der Waals surface area (Å²) >= 11 is 0. The number of ether oxygens (including phenoxy) is 1. The molecule has 1 aromatic carbocycles. The van der Waals surface area contributed by atoms with Crippen molar-refractivity contribution in [2.45, 2.75) is 43.8 Å². The molecule has 2 N–H and O–H groups in total. The van der Waals surface area contributed by atoms with E-state index in [2.05, 4.69) is 15.2 Å². The number of carboxylic acids is 1. The summed E-state index contributed by atoms with van der Waals surface area (Å²) in [5.41, 5.74) is 0.971. The molecule has 4 rings (SSSR count). The molecule has 0 bridgehead atoms. The number of aromatic nitrogens is 3. The number of carboxylic acid groups (broad SMARTS) is 1. The number of hydrogen-bond acceptors (Lipinski definition) is 5. The molecule has 2 fully saturated rings. The molecule has 27 heavy (non-hydrogen) atoms. The van der Waals surface area contributed by atoms with Crippen LogP contribution in [0.1, 0.15) is 37.4 Å². The summed E-state index contributed by atoms with van der Waals surface area (Å²) in [4.78, 5) is 30.0. The van der Waals surface area contributed by atoms with E-state index in [1.54, 1.807) is 4.90 Å². The molecule has 1 aromatic heterocycles. The molecule has 2 aliphatic rings. The fourth-order valence-electron chi connectivity index (χ4n) is 3.75. The Hall–Kier alpha value is -2.74. The van der Waals surface area contributed by atoms with Crippen LogP contribution in [0.2, 0.25) is 0 Å². The molecule has 0 saturated carbocycles. The first-order chi connectivity index (χ1) is 13.1. The van der Waals surface area contributed by atoms with Gasteiger partial charge in [0.05, 0.1) is 0 Å². The van der Waals surface area contributed by atoms with Gasteiger partial charge in [0.15, 0.2) is 11.9 Å². The summed E-state index contributed by atoms with van der Waals surface area (Å²) in [6.45, 7) is 1.23. The minimum atomic E-state index is -0.997. The number of aliphatic carboxylic acids is 1. The standard InChI is InChI=1S/C19H22N4O4/c24-18(14-6-7-15(27-14)19(25)26)23-10-8-13(9-11-23)17-20-16(21-22-17)12-4-2-1-3-5-12/h1-5,13-15H,6-11H2,(H,25,26)(H,20,21,22)/t14-,15+/m0/s1. The highest BCUT2D eigenvalue weighted by molar-refractivity contribution is 5.82. The smallest absolute Gasteiger partial charge is 0.332 e. The molecule has 0 aliphatic carbocycles. The van der Waals surface area contributed by atoms with E-state index in [-0.39, 0.29) is 11.8 Å². The first-order valence-corrected chi connectivity index (χ1v) is 9.26. The maximum absolute atomic E-state index is 12.6. The van der Waals surface area contributed by atoms with Crippen molar-refractivity contribution in [1.82, 2.24) is 20.1 Å². The first-order valence-electron chi connectivity index (χ1n) is 9.26. The molecular weight excluding hydrogens is 348 g/mol. The van der Waals surface area contributed by atoms with Gasteiger partial charge in [0, 0.05) is 24.6 Å². The number of carbonyl (C=O) groups is 2. The summed E-state index contributed by atoms with van der Waals surface area (Å²) < 4.78 is 5.38. The van der Waals surface area contributed by atoms with Crippen LogP contribution in [0.15, 0.2) is 30.3 Å². The van der Waals surface area contributed by atoms with Crippen molar-refractivity contribution >= 4 is 11.9 Å². The van der Waals surface area contributed by atoms with Gasteiger partial charge in [-0.3, -0.25) is 9.89 Å². The molecule has 2 saturated heterocycles. The number of hydrogen-bond donors (Lipinski definition) is 2. The van der Waals surface area contributed by atoms with E-state index in [9.17, 15) is 9.59 Å². The van der Waals surface area contributed by atoms with E-state index >= 15 is 0 Å². The Balaban J connectivity index is 1.34. The number of likely N-dealkylation sites (tertiary alicyclic amines) is 1. The van der Waals surface area contributed by atoms with E-state index in [4.69, 9.17) is 9.84 Å². The second-order valence-electron chi connectivity index (χ2n) is 7.04. The summed E-state index contributed by atoms with van der Waals surface area (Å²) in [5, 5.41) is 16.4. The van der Waals surface area contributed by atoms with Crippen molar-refractivity contribution in [3.05, 3.63) is 36.2 Å². The maximum Gasteiger partial charge on any atom is 0.332 e. The lowest BCUT2D eigenvalue weighted by molar-refractivity contribution is -0.155. The maximum atomic E-state index is 12.6.